The number of para-hydroxylation sites is 4. The van der Waals surface area contributed by atoms with E-state index in [2.05, 4.69) is 186 Å². The molecule has 1 aromatic heterocycles. The van der Waals surface area contributed by atoms with Gasteiger partial charge in [0.1, 0.15) is 6.54 Å². The van der Waals surface area contributed by atoms with Gasteiger partial charge in [0.2, 0.25) is 5.52 Å². The fourth-order valence-electron chi connectivity index (χ4n) is 6.73. The predicted molar refractivity (Wildman–Crippen MR) is 195 cm³/mol. The van der Waals surface area contributed by atoms with Crippen LogP contribution in [0, 0.1) is 0 Å². The molecular formula is C43H40N3+. The number of aryl methyl sites for hydroxylation is 1. The number of hydrogen-bond acceptors (Lipinski definition) is 2. The van der Waals surface area contributed by atoms with Gasteiger partial charge in [0.15, 0.2) is 6.20 Å². The van der Waals surface area contributed by atoms with E-state index in [9.17, 15) is 0 Å². The minimum absolute atomic E-state index is 0.947. The van der Waals surface area contributed by atoms with Crippen molar-refractivity contribution in [3.05, 3.63) is 180 Å². The van der Waals surface area contributed by atoms with E-state index in [0.29, 0.717) is 0 Å². The van der Waals surface area contributed by atoms with Gasteiger partial charge in [-0.1, -0.05) is 91.0 Å². The molecule has 0 radical (unpaired) electrons. The lowest BCUT2D eigenvalue weighted by Gasteiger charge is -2.28. The number of rotatable bonds is 8. The fraction of sp³-hybridized carbons (Fsp3) is 0.140. The van der Waals surface area contributed by atoms with Crippen LogP contribution in [0.3, 0.4) is 0 Å². The van der Waals surface area contributed by atoms with Crippen LogP contribution < -0.4 is 14.4 Å². The highest BCUT2D eigenvalue weighted by Gasteiger charge is 2.26. The second kappa shape index (κ2) is 13.3. The summed E-state index contributed by atoms with van der Waals surface area (Å²) in [6, 6.07) is 41.2. The summed E-state index contributed by atoms with van der Waals surface area (Å²) in [6.07, 6.45) is 18.0. The third-order valence-corrected chi connectivity index (χ3v) is 9.05. The average molecular weight is 599 g/mol. The highest BCUT2D eigenvalue weighted by atomic mass is 15.2. The van der Waals surface area contributed by atoms with Crippen molar-refractivity contribution in [1.82, 2.24) is 0 Å². The SMILES string of the molecule is CCN1C=C/C(=C\C=C2/CCC(/C=C/c3cc[n+](CC)c4ccccc34)=C2N(c2ccccc2)c2ccccc2)c2ccccc21. The van der Waals surface area contributed by atoms with Crippen molar-refractivity contribution >= 4 is 39.6 Å². The van der Waals surface area contributed by atoms with Crippen LogP contribution >= 0.6 is 0 Å². The maximum absolute atomic E-state index is 2.44. The lowest BCUT2D eigenvalue weighted by molar-refractivity contribution is -0.667. The molecule has 0 unspecified atom stereocenters. The number of benzene rings is 4. The molecule has 1 aliphatic carbocycles. The number of hydrogen-bond donors (Lipinski definition) is 0. The fourth-order valence-corrected chi connectivity index (χ4v) is 6.73. The first-order valence-electron chi connectivity index (χ1n) is 16.4. The quantitative estimate of drug-likeness (QED) is 0.165. The Morgan fingerprint density at radius 2 is 1.41 bits per heavy atom. The standard InChI is InChI=1S/C43H40N3/c1-3-44-31-29-33(39-19-11-13-21-41(39)44)23-25-35-27-28-36(26-24-34-30-32-45(4-2)42-22-14-12-20-40(34)42)43(35)46(37-15-7-5-8-16-37)38-17-9-6-10-18-38/h5-26,29-32H,3-4,27-28H2,1-2H3/q+1. The number of nitrogens with zero attached hydrogens (tertiary/aromatic N) is 3. The smallest absolute Gasteiger partial charge is 0.213 e. The van der Waals surface area contributed by atoms with E-state index < -0.39 is 0 Å². The topological polar surface area (TPSA) is 10.4 Å². The second-order valence-electron chi connectivity index (χ2n) is 11.7. The van der Waals surface area contributed by atoms with E-state index in [1.165, 1.54) is 50.1 Å². The number of anilines is 3. The molecule has 0 bridgehead atoms. The first kappa shape index (κ1) is 29.3. The van der Waals surface area contributed by atoms with Gasteiger partial charge < -0.3 is 9.80 Å². The van der Waals surface area contributed by atoms with E-state index in [-0.39, 0.29) is 0 Å². The van der Waals surface area contributed by atoms with Crippen LogP contribution in [0.25, 0.3) is 22.6 Å². The third-order valence-electron chi connectivity index (χ3n) is 9.05. The van der Waals surface area contributed by atoms with Gasteiger partial charge in [-0.25, -0.2) is 0 Å². The van der Waals surface area contributed by atoms with Gasteiger partial charge in [0, 0.05) is 47.5 Å². The lowest BCUT2D eigenvalue weighted by atomic mass is 9.98. The zero-order valence-corrected chi connectivity index (χ0v) is 26.7. The van der Waals surface area contributed by atoms with Gasteiger partial charge in [0.05, 0.1) is 11.1 Å². The van der Waals surface area contributed by atoms with Crippen LogP contribution in [0.2, 0.25) is 0 Å². The average Bonchev–Trinajstić information content (AvgIpc) is 3.52. The van der Waals surface area contributed by atoms with E-state index in [1.54, 1.807) is 0 Å². The Labute approximate surface area is 273 Å². The Balaban J connectivity index is 1.38. The molecule has 3 nitrogen and oxygen atoms in total. The number of pyridine rings is 1. The number of allylic oxidation sites excluding steroid dienone is 7. The van der Waals surface area contributed by atoms with Gasteiger partial charge in [-0.05, 0) is 91.4 Å². The number of aromatic nitrogens is 1. The molecule has 4 aromatic carbocycles. The van der Waals surface area contributed by atoms with Crippen molar-refractivity contribution in [2.45, 2.75) is 33.2 Å². The molecule has 0 fully saturated rings. The first-order valence-corrected chi connectivity index (χ1v) is 16.4. The third kappa shape index (κ3) is 5.73. The molecule has 226 valence electrons. The zero-order valence-electron chi connectivity index (χ0n) is 26.7. The molecule has 0 atom stereocenters. The molecule has 0 spiro atoms. The molecule has 3 heteroatoms. The van der Waals surface area contributed by atoms with Gasteiger partial charge in [-0.15, -0.1) is 0 Å². The molecule has 5 aromatic rings. The summed E-state index contributed by atoms with van der Waals surface area (Å²) in [4.78, 5) is 4.75. The molecule has 0 N–H and O–H groups in total. The summed E-state index contributed by atoms with van der Waals surface area (Å²) in [5.74, 6) is 0. The van der Waals surface area contributed by atoms with Gasteiger partial charge in [-0.2, -0.15) is 4.57 Å². The minimum atomic E-state index is 0.947. The molecule has 1 aliphatic heterocycles. The van der Waals surface area contributed by atoms with Crippen LogP contribution in [0.4, 0.5) is 17.1 Å². The summed E-state index contributed by atoms with van der Waals surface area (Å²) in [5, 5.41) is 1.27. The maximum Gasteiger partial charge on any atom is 0.213 e. The van der Waals surface area contributed by atoms with Gasteiger partial charge in [0.25, 0.3) is 0 Å². The van der Waals surface area contributed by atoms with Crippen LogP contribution in [0.1, 0.15) is 37.8 Å². The summed E-state index contributed by atoms with van der Waals surface area (Å²) in [6.45, 7) is 6.29. The Morgan fingerprint density at radius 1 is 0.717 bits per heavy atom. The van der Waals surface area contributed by atoms with Crippen molar-refractivity contribution in [2.24, 2.45) is 0 Å². The number of fused-ring (bicyclic) bond motifs is 2. The largest absolute Gasteiger partial charge is 0.348 e. The molecular weight excluding hydrogens is 558 g/mol. The monoisotopic (exact) mass is 598 g/mol. The molecule has 0 saturated heterocycles. The Kier molecular flexibility index (Phi) is 8.47. The summed E-state index contributed by atoms with van der Waals surface area (Å²) < 4.78 is 2.31. The molecule has 7 rings (SSSR count). The van der Waals surface area contributed by atoms with Gasteiger partial charge in [-0.3, -0.25) is 0 Å². The normalized spacial score (nSPS) is 16.3. The molecule has 46 heavy (non-hydrogen) atoms. The van der Waals surface area contributed by atoms with Crippen molar-refractivity contribution in [1.29, 1.82) is 0 Å². The van der Waals surface area contributed by atoms with Crippen molar-refractivity contribution < 1.29 is 4.57 Å². The molecule has 0 amide bonds. The summed E-state index contributed by atoms with van der Waals surface area (Å²) in [5.41, 5.74) is 12.5. The Hall–Kier alpha value is -5.41. The second-order valence-corrected chi connectivity index (χ2v) is 11.7. The highest BCUT2D eigenvalue weighted by molar-refractivity contribution is 5.88. The van der Waals surface area contributed by atoms with Gasteiger partial charge >= 0.3 is 0 Å². The highest BCUT2D eigenvalue weighted by Crippen LogP contribution is 2.42. The first-order chi connectivity index (χ1) is 22.7. The summed E-state index contributed by atoms with van der Waals surface area (Å²) in [7, 11) is 0. The van der Waals surface area contributed by atoms with Crippen molar-refractivity contribution in [3.63, 3.8) is 0 Å². The van der Waals surface area contributed by atoms with Crippen LogP contribution in [0.5, 0.6) is 0 Å². The van der Waals surface area contributed by atoms with Crippen molar-refractivity contribution in [3.8, 4) is 0 Å². The van der Waals surface area contributed by atoms with Crippen LogP contribution in [0.15, 0.2) is 169 Å². The lowest BCUT2D eigenvalue weighted by Crippen LogP contribution is -2.32. The van der Waals surface area contributed by atoms with E-state index >= 15 is 0 Å². The predicted octanol–water partition coefficient (Wildman–Crippen LogP) is 10.4. The minimum Gasteiger partial charge on any atom is -0.348 e. The molecule has 2 aliphatic rings. The molecule has 2 heterocycles. The Morgan fingerprint density at radius 3 is 2.15 bits per heavy atom. The maximum atomic E-state index is 2.44. The zero-order chi connectivity index (χ0) is 31.3. The molecule has 0 saturated carbocycles. The van der Waals surface area contributed by atoms with Crippen LogP contribution in [-0.2, 0) is 6.54 Å². The Bertz CT molecular complexity index is 1970. The van der Waals surface area contributed by atoms with Crippen molar-refractivity contribution in [2.75, 3.05) is 16.3 Å². The van der Waals surface area contributed by atoms with E-state index in [4.69, 9.17) is 0 Å². The summed E-state index contributed by atoms with van der Waals surface area (Å²) >= 11 is 0. The van der Waals surface area contributed by atoms with E-state index in [1.807, 2.05) is 0 Å². The van der Waals surface area contributed by atoms with E-state index in [0.717, 1.165) is 37.3 Å². The van der Waals surface area contributed by atoms with Crippen LogP contribution in [-0.4, -0.2) is 6.54 Å².